The number of aromatic nitrogens is 4. The molecule has 0 amide bonds. The molecule has 3 heterocycles. The highest BCUT2D eigenvalue weighted by Crippen LogP contribution is 2.37. The number of aryl methyl sites for hydroxylation is 2. The summed E-state index contributed by atoms with van der Waals surface area (Å²) in [4.78, 5) is 27.9. The molecule has 3 aromatic carbocycles. The Hall–Kier alpha value is -4.56. The van der Waals surface area contributed by atoms with E-state index < -0.39 is 5.92 Å². The number of aromatic amines is 2. The minimum absolute atomic E-state index is 0.242. The van der Waals surface area contributed by atoms with E-state index in [1.807, 2.05) is 111 Å². The van der Waals surface area contributed by atoms with Gasteiger partial charge in [0, 0.05) is 21.4 Å². The first kappa shape index (κ1) is 24.8. The van der Waals surface area contributed by atoms with E-state index in [0.29, 0.717) is 45.4 Å². The number of nitrogens with one attached hydrogen (secondary N) is 2. The maximum absolute atomic E-state index is 14.0. The van der Waals surface area contributed by atoms with Crippen LogP contribution in [-0.2, 0) is 0 Å². The van der Waals surface area contributed by atoms with Crippen LogP contribution >= 0.6 is 15.9 Å². The number of nitrogens with zero attached hydrogens (tertiary/aromatic N) is 2. The summed E-state index contributed by atoms with van der Waals surface area (Å²) >= 11 is 3.60. The van der Waals surface area contributed by atoms with Gasteiger partial charge >= 0.3 is 0 Å². The van der Waals surface area contributed by atoms with Gasteiger partial charge in [0.1, 0.15) is 11.5 Å². The molecule has 0 bridgehead atoms. The number of H-pyrrole nitrogens is 2. The minimum Gasteiger partial charge on any atom is -0.460 e. The van der Waals surface area contributed by atoms with E-state index in [9.17, 15) is 9.59 Å². The second-order valence-electron chi connectivity index (χ2n) is 9.37. The summed E-state index contributed by atoms with van der Waals surface area (Å²) in [7, 11) is 0. The number of furan rings is 1. The lowest BCUT2D eigenvalue weighted by Crippen LogP contribution is -2.25. The van der Waals surface area contributed by atoms with Gasteiger partial charge in [-0.15, -0.1) is 0 Å². The molecule has 8 heteroatoms. The van der Waals surface area contributed by atoms with E-state index in [0.717, 1.165) is 10.0 Å². The molecule has 0 aliphatic carbocycles. The van der Waals surface area contributed by atoms with Gasteiger partial charge in [0.2, 0.25) is 0 Å². The molecule has 39 heavy (non-hydrogen) atoms. The highest BCUT2D eigenvalue weighted by atomic mass is 79.9. The van der Waals surface area contributed by atoms with Crippen molar-refractivity contribution in [1.29, 1.82) is 0 Å². The number of hydrogen-bond donors (Lipinski definition) is 2. The van der Waals surface area contributed by atoms with Gasteiger partial charge in [-0.2, -0.15) is 0 Å². The number of hydrogen-bond acceptors (Lipinski definition) is 3. The summed E-state index contributed by atoms with van der Waals surface area (Å²) in [6.07, 6.45) is 0. The summed E-state index contributed by atoms with van der Waals surface area (Å²) < 4.78 is 10.3. The third kappa shape index (κ3) is 4.32. The van der Waals surface area contributed by atoms with E-state index in [-0.39, 0.29) is 11.1 Å². The highest BCUT2D eigenvalue weighted by Gasteiger charge is 2.33. The molecule has 0 spiro atoms. The molecule has 194 valence electrons. The van der Waals surface area contributed by atoms with Crippen molar-refractivity contribution in [2.45, 2.75) is 19.8 Å². The Labute approximate surface area is 232 Å². The first-order valence-corrected chi connectivity index (χ1v) is 13.3. The Balaban J connectivity index is 1.59. The van der Waals surface area contributed by atoms with Crippen LogP contribution in [-0.4, -0.2) is 19.6 Å². The lowest BCUT2D eigenvalue weighted by atomic mass is 9.89. The monoisotopic (exact) mass is 580 g/mol. The van der Waals surface area contributed by atoms with E-state index in [1.165, 1.54) is 9.36 Å². The van der Waals surface area contributed by atoms with Gasteiger partial charge in [-0.3, -0.25) is 19.8 Å². The second-order valence-corrected chi connectivity index (χ2v) is 10.2. The van der Waals surface area contributed by atoms with Crippen LogP contribution in [0.3, 0.4) is 0 Å². The van der Waals surface area contributed by atoms with E-state index in [2.05, 4.69) is 26.1 Å². The Morgan fingerprint density at radius 2 is 1.15 bits per heavy atom. The van der Waals surface area contributed by atoms with E-state index in [1.54, 1.807) is 0 Å². The van der Waals surface area contributed by atoms with Gasteiger partial charge in [0.15, 0.2) is 0 Å². The maximum Gasteiger partial charge on any atom is 0.275 e. The van der Waals surface area contributed by atoms with Crippen LogP contribution < -0.4 is 11.1 Å². The van der Waals surface area contributed by atoms with Crippen LogP contribution in [0.4, 0.5) is 0 Å². The molecular formula is C31H25BrN4O3. The zero-order chi connectivity index (χ0) is 27.1. The molecule has 0 fully saturated rings. The zero-order valence-corrected chi connectivity index (χ0v) is 22.9. The van der Waals surface area contributed by atoms with Gasteiger partial charge < -0.3 is 4.42 Å². The Morgan fingerprint density at radius 1 is 0.667 bits per heavy atom. The Kier molecular flexibility index (Phi) is 6.32. The normalized spacial score (nSPS) is 11.4. The third-order valence-electron chi connectivity index (χ3n) is 6.89. The molecule has 7 nitrogen and oxygen atoms in total. The van der Waals surface area contributed by atoms with Crippen LogP contribution in [0.1, 0.15) is 34.2 Å². The van der Waals surface area contributed by atoms with Crippen LogP contribution in [0, 0.1) is 13.8 Å². The van der Waals surface area contributed by atoms with Crippen LogP contribution in [0.25, 0.3) is 22.7 Å². The minimum atomic E-state index is -0.747. The lowest BCUT2D eigenvalue weighted by Gasteiger charge is -2.13. The van der Waals surface area contributed by atoms with E-state index >= 15 is 0 Å². The van der Waals surface area contributed by atoms with Crippen LogP contribution in [0.5, 0.6) is 0 Å². The van der Waals surface area contributed by atoms with Crippen molar-refractivity contribution in [3.63, 3.8) is 0 Å². The molecule has 3 aromatic heterocycles. The first-order valence-electron chi connectivity index (χ1n) is 12.5. The molecular weight excluding hydrogens is 556 g/mol. The van der Waals surface area contributed by atoms with Crippen molar-refractivity contribution >= 4 is 15.9 Å². The predicted octanol–water partition coefficient (Wildman–Crippen LogP) is 6.46. The van der Waals surface area contributed by atoms with Crippen LogP contribution in [0.15, 0.2) is 116 Å². The summed E-state index contributed by atoms with van der Waals surface area (Å²) in [5, 5.41) is 6.42. The van der Waals surface area contributed by atoms with Crippen molar-refractivity contribution in [3.8, 4) is 22.7 Å². The van der Waals surface area contributed by atoms with Gasteiger partial charge in [-0.05, 0) is 56.3 Å². The van der Waals surface area contributed by atoms with Crippen molar-refractivity contribution in [2.24, 2.45) is 0 Å². The molecule has 0 aliphatic heterocycles. The van der Waals surface area contributed by atoms with Gasteiger partial charge in [-0.25, -0.2) is 9.36 Å². The van der Waals surface area contributed by atoms with Crippen molar-refractivity contribution in [3.05, 3.63) is 151 Å². The molecule has 0 atom stereocenters. The lowest BCUT2D eigenvalue weighted by molar-refractivity contribution is 0.513. The van der Waals surface area contributed by atoms with Gasteiger partial charge in [-0.1, -0.05) is 70.5 Å². The molecule has 0 unspecified atom stereocenters. The summed E-state index contributed by atoms with van der Waals surface area (Å²) in [6.45, 7) is 3.69. The largest absolute Gasteiger partial charge is 0.460 e. The molecule has 0 aliphatic rings. The molecule has 2 N–H and O–H groups in total. The fraction of sp³-hybridized carbons (Fsp3) is 0.0968. The fourth-order valence-corrected chi connectivity index (χ4v) is 5.54. The summed E-state index contributed by atoms with van der Waals surface area (Å²) in [5.41, 5.74) is 4.01. The second kappa shape index (κ2) is 9.96. The van der Waals surface area contributed by atoms with Crippen molar-refractivity contribution in [2.75, 3.05) is 0 Å². The first-order chi connectivity index (χ1) is 18.9. The van der Waals surface area contributed by atoms with Gasteiger partial charge in [0.25, 0.3) is 11.1 Å². The highest BCUT2D eigenvalue weighted by molar-refractivity contribution is 9.10. The fourth-order valence-electron chi connectivity index (χ4n) is 5.06. The van der Waals surface area contributed by atoms with Crippen molar-refractivity contribution in [1.82, 2.24) is 19.6 Å². The SMILES string of the molecule is Cc1[nH]n(-c2ccccc2)c(=O)c1C(c1ccc(-c2ccccc2Br)o1)c1c(C)[nH]n(-c2ccccc2)c1=O. The predicted molar refractivity (Wildman–Crippen MR) is 155 cm³/mol. The van der Waals surface area contributed by atoms with Crippen molar-refractivity contribution < 1.29 is 4.42 Å². The average Bonchev–Trinajstić information content (AvgIpc) is 3.63. The zero-order valence-electron chi connectivity index (χ0n) is 21.3. The number of benzene rings is 3. The summed E-state index contributed by atoms with van der Waals surface area (Å²) in [5.74, 6) is 0.388. The van der Waals surface area contributed by atoms with Gasteiger partial charge in [0.05, 0.1) is 28.4 Å². The molecule has 0 saturated heterocycles. The molecule has 0 saturated carbocycles. The number of rotatable bonds is 6. The Bertz CT molecular complexity index is 1790. The molecule has 6 rings (SSSR count). The smallest absolute Gasteiger partial charge is 0.275 e. The standard InChI is InChI=1S/C31H25BrN4O3/c1-19-27(30(37)35(33-19)21-11-5-3-6-12-21)29(26-18-17-25(39-26)23-15-9-10-16-24(23)32)28-20(2)34-36(31(28)38)22-13-7-4-8-14-22/h3-18,29,33-34H,1-2H3. The van der Waals surface area contributed by atoms with E-state index in [4.69, 9.17) is 4.42 Å². The Morgan fingerprint density at radius 3 is 1.67 bits per heavy atom. The number of para-hydroxylation sites is 2. The quantitative estimate of drug-likeness (QED) is 0.237. The third-order valence-corrected chi connectivity index (χ3v) is 7.58. The van der Waals surface area contributed by atoms with Crippen LogP contribution in [0.2, 0.25) is 0 Å². The molecule has 0 radical (unpaired) electrons. The topological polar surface area (TPSA) is 88.7 Å². The average molecular weight is 581 g/mol. The molecule has 6 aromatic rings. The summed E-state index contributed by atoms with van der Waals surface area (Å²) in [6, 6.07) is 30.2. The number of halogens is 1. The maximum atomic E-state index is 14.0.